The van der Waals surface area contributed by atoms with Crippen LogP contribution in [0.25, 0.3) is 0 Å². The van der Waals surface area contributed by atoms with Crippen molar-refractivity contribution >= 4 is 21.4 Å². The molecule has 2 heterocycles. The second-order valence-corrected chi connectivity index (χ2v) is 7.56. The van der Waals surface area contributed by atoms with Gasteiger partial charge < -0.3 is 5.32 Å². The Bertz CT molecular complexity index is 561. The second kappa shape index (κ2) is 6.17. The standard InChI is InChI=1S/C13H20N2O2S2/c1-3-14-10-12-13(6-9-18-12)19(16,17)15-7-4-11(2)5-8-15/h4,6,9,14H,3,5,7-8,10H2,1-2H3. The molecule has 106 valence electrons. The maximum Gasteiger partial charge on any atom is 0.244 e. The molecule has 4 nitrogen and oxygen atoms in total. The van der Waals surface area contributed by atoms with Crippen LogP contribution in [0.15, 0.2) is 28.0 Å². The molecule has 0 atom stereocenters. The van der Waals surface area contributed by atoms with Gasteiger partial charge in [-0.05, 0) is 31.3 Å². The lowest BCUT2D eigenvalue weighted by atomic mass is 10.1. The van der Waals surface area contributed by atoms with E-state index in [1.54, 1.807) is 10.4 Å². The number of hydrogen-bond acceptors (Lipinski definition) is 4. The van der Waals surface area contributed by atoms with Gasteiger partial charge in [0.1, 0.15) is 0 Å². The summed E-state index contributed by atoms with van der Waals surface area (Å²) in [5.74, 6) is 0. The lowest BCUT2D eigenvalue weighted by molar-refractivity contribution is 0.431. The minimum atomic E-state index is -3.34. The Labute approximate surface area is 119 Å². The van der Waals surface area contributed by atoms with Crippen LogP contribution in [0.1, 0.15) is 25.1 Å². The summed E-state index contributed by atoms with van der Waals surface area (Å²) in [6.07, 6.45) is 2.82. The molecular weight excluding hydrogens is 280 g/mol. The Morgan fingerprint density at radius 2 is 2.26 bits per heavy atom. The lowest BCUT2D eigenvalue weighted by Gasteiger charge is -2.24. The van der Waals surface area contributed by atoms with Gasteiger partial charge in [0.25, 0.3) is 0 Å². The maximum atomic E-state index is 12.6. The molecule has 1 aromatic rings. The summed E-state index contributed by atoms with van der Waals surface area (Å²) < 4.78 is 26.8. The van der Waals surface area contributed by atoms with Crippen LogP contribution in [0.3, 0.4) is 0 Å². The third-order valence-electron chi connectivity index (χ3n) is 3.26. The number of sulfonamides is 1. The minimum Gasteiger partial charge on any atom is -0.312 e. The van der Waals surface area contributed by atoms with Crippen molar-refractivity contribution < 1.29 is 8.42 Å². The molecule has 0 aromatic carbocycles. The summed E-state index contributed by atoms with van der Waals surface area (Å²) in [7, 11) is -3.34. The molecule has 0 aliphatic carbocycles. The average Bonchev–Trinajstić information content (AvgIpc) is 2.86. The fourth-order valence-electron chi connectivity index (χ4n) is 2.04. The smallest absolute Gasteiger partial charge is 0.244 e. The molecule has 0 saturated heterocycles. The fourth-order valence-corrected chi connectivity index (χ4v) is 4.80. The van der Waals surface area contributed by atoms with Crippen LogP contribution in [-0.2, 0) is 16.6 Å². The lowest BCUT2D eigenvalue weighted by Crippen LogP contribution is -2.35. The van der Waals surface area contributed by atoms with Crippen LogP contribution in [0.2, 0.25) is 0 Å². The van der Waals surface area contributed by atoms with Crippen LogP contribution in [0.5, 0.6) is 0 Å². The van der Waals surface area contributed by atoms with Crippen LogP contribution in [0, 0.1) is 0 Å². The topological polar surface area (TPSA) is 49.4 Å². The number of rotatable bonds is 5. The van der Waals surface area contributed by atoms with Crippen molar-refractivity contribution in [2.75, 3.05) is 19.6 Å². The van der Waals surface area contributed by atoms with Gasteiger partial charge in [0, 0.05) is 24.5 Å². The van der Waals surface area contributed by atoms with Gasteiger partial charge >= 0.3 is 0 Å². The molecule has 1 aliphatic heterocycles. The van der Waals surface area contributed by atoms with Gasteiger partial charge in [0.05, 0.1) is 4.90 Å². The zero-order valence-electron chi connectivity index (χ0n) is 11.3. The molecule has 0 saturated carbocycles. The molecular formula is C13H20N2O2S2. The van der Waals surface area contributed by atoms with E-state index in [0.29, 0.717) is 24.5 Å². The maximum absolute atomic E-state index is 12.6. The molecule has 1 N–H and O–H groups in total. The summed E-state index contributed by atoms with van der Waals surface area (Å²) in [5, 5.41) is 5.04. The highest BCUT2D eigenvalue weighted by Gasteiger charge is 2.28. The Hall–Kier alpha value is -0.690. The highest BCUT2D eigenvalue weighted by Crippen LogP contribution is 2.26. The van der Waals surface area contributed by atoms with E-state index in [4.69, 9.17) is 0 Å². The minimum absolute atomic E-state index is 0.464. The van der Waals surface area contributed by atoms with Gasteiger partial charge in [-0.1, -0.05) is 18.6 Å². The molecule has 0 amide bonds. The van der Waals surface area contributed by atoms with Crippen molar-refractivity contribution in [3.63, 3.8) is 0 Å². The molecule has 0 spiro atoms. The van der Waals surface area contributed by atoms with Crippen molar-refractivity contribution in [1.82, 2.24) is 9.62 Å². The van der Waals surface area contributed by atoms with Gasteiger partial charge in [-0.15, -0.1) is 11.3 Å². The van der Waals surface area contributed by atoms with Gasteiger partial charge in [0.15, 0.2) is 0 Å². The molecule has 19 heavy (non-hydrogen) atoms. The van der Waals surface area contributed by atoms with Gasteiger partial charge in [0.2, 0.25) is 10.0 Å². The second-order valence-electron chi connectivity index (χ2n) is 4.65. The number of hydrogen-bond donors (Lipinski definition) is 1. The Morgan fingerprint density at radius 3 is 2.89 bits per heavy atom. The van der Waals surface area contributed by atoms with Gasteiger partial charge in [-0.2, -0.15) is 4.31 Å². The van der Waals surface area contributed by atoms with Crippen LogP contribution in [-0.4, -0.2) is 32.4 Å². The summed E-state index contributed by atoms with van der Waals surface area (Å²) in [6.45, 7) is 6.59. The average molecular weight is 300 g/mol. The number of nitrogens with zero attached hydrogens (tertiary/aromatic N) is 1. The highest BCUT2D eigenvalue weighted by molar-refractivity contribution is 7.89. The molecule has 1 aromatic heterocycles. The van der Waals surface area contributed by atoms with Crippen molar-refractivity contribution in [1.29, 1.82) is 0 Å². The van der Waals surface area contributed by atoms with Crippen LogP contribution >= 0.6 is 11.3 Å². The highest BCUT2D eigenvalue weighted by atomic mass is 32.2. The molecule has 2 rings (SSSR count). The normalized spacial score (nSPS) is 17.5. The largest absolute Gasteiger partial charge is 0.312 e. The monoisotopic (exact) mass is 300 g/mol. The zero-order valence-corrected chi connectivity index (χ0v) is 13.0. The Morgan fingerprint density at radius 1 is 1.47 bits per heavy atom. The number of thiophene rings is 1. The van der Waals surface area contributed by atoms with Crippen LogP contribution < -0.4 is 5.32 Å². The summed E-state index contributed by atoms with van der Waals surface area (Å²) in [4.78, 5) is 1.36. The molecule has 0 radical (unpaired) electrons. The third kappa shape index (κ3) is 3.25. The summed E-state index contributed by atoms with van der Waals surface area (Å²) in [6, 6.07) is 1.72. The number of nitrogens with one attached hydrogen (secondary N) is 1. The summed E-state index contributed by atoms with van der Waals surface area (Å²) in [5.41, 5.74) is 1.27. The first kappa shape index (κ1) is 14.7. The van der Waals surface area contributed by atoms with Crippen molar-refractivity contribution in [3.05, 3.63) is 28.0 Å². The molecule has 6 heteroatoms. The van der Waals surface area contributed by atoms with E-state index in [-0.39, 0.29) is 0 Å². The first-order valence-electron chi connectivity index (χ1n) is 6.48. The van der Waals surface area contributed by atoms with Crippen molar-refractivity contribution in [2.24, 2.45) is 0 Å². The molecule has 0 fully saturated rings. The fraction of sp³-hybridized carbons (Fsp3) is 0.538. The third-order valence-corrected chi connectivity index (χ3v) is 6.26. The van der Waals surface area contributed by atoms with Crippen molar-refractivity contribution in [3.8, 4) is 0 Å². The summed E-state index contributed by atoms with van der Waals surface area (Å²) >= 11 is 1.50. The van der Waals surface area contributed by atoms with Gasteiger partial charge in [-0.25, -0.2) is 8.42 Å². The van der Waals surface area contributed by atoms with Crippen molar-refractivity contribution in [2.45, 2.75) is 31.7 Å². The Kier molecular flexibility index (Phi) is 4.78. The van der Waals surface area contributed by atoms with E-state index >= 15 is 0 Å². The first-order chi connectivity index (χ1) is 9.05. The molecule has 0 bridgehead atoms. The van der Waals surface area contributed by atoms with E-state index < -0.39 is 10.0 Å². The predicted molar refractivity (Wildman–Crippen MR) is 78.8 cm³/mol. The molecule has 1 aliphatic rings. The van der Waals surface area contributed by atoms with E-state index in [2.05, 4.69) is 5.32 Å². The van der Waals surface area contributed by atoms with E-state index in [9.17, 15) is 8.42 Å². The zero-order chi connectivity index (χ0) is 13.9. The first-order valence-corrected chi connectivity index (χ1v) is 8.80. The van der Waals surface area contributed by atoms with E-state index in [1.807, 2.05) is 25.3 Å². The Balaban J connectivity index is 2.22. The van der Waals surface area contributed by atoms with Gasteiger partial charge in [-0.3, -0.25) is 0 Å². The molecule has 0 unspecified atom stereocenters. The quantitative estimate of drug-likeness (QED) is 0.848. The van der Waals surface area contributed by atoms with E-state index in [1.165, 1.54) is 16.9 Å². The van der Waals surface area contributed by atoms with E-state index in [0.717, 1.165) is 17.8 Å². The SMILES string of the molecule is CCNCc1sccc1S(=O)(=O)N1CC=C(C)CC1. The predicted octanol–water partition coefficient (Wildman–Crippen LogP) is 2.20. The van der Waals surface area contributed by atoms with Crippen LogP contribution in [0.4, 0.5) is 0 Å².